The molecule has 1 saturated heterocycles. The van der Waals surface area contributed by atoms with Gasteiger partial charge in [0.25, 0.3) is 5.91 Å². The molecule has 2 N–H and O–H groups in total. The number of rotatable bonds is 3. The maximum atomic E-state index is 12.1. The molecule has 0 unspecified atom stereocenters. The van der Waals surface area contributed by atoms with Crippen molar-refractivity contribution in [1.29, 1.82) is 0 Å². The first-order valence-electron chi connectivity index (χ1n) is 6.31. The van der Waals surface area contributed by atoms with Gasteiger partial charge < -0.3 is 10.6 Å². The van der Waals surface area contributed by atoms with Crippen LogP contribution < -0.4 is 10.6 Å². The Kier molecular flexibility index (Phi) is 4.18. The summed E-state index contributed by atoms with van der Waals surface area (Å²) in [6.07, 6.45) is 3.24. The molecule has 1 aromatic rings. The zero-order chi connectivity index (χ0) is 12.3. The van der Waals surface area contributed by atoms with Gasteiger partial charge in [-0.2, -0.15) is 0 Å². The minimum absolute atomic E-state index is 0.0894. The number of piperidine rings is 1. The maximum absolute atomic E-state index is 12.1. The summed E-state index contributed by atoms with van der Waals surface area (Å²) in [6, 6.07) is 2.30. The standard InChI is InChI=1S/C13H20N2OS/c1-3-11-9(2)7-12(17-11)13(16)15-10-5-4-6-14-8-10/h7,10,14H,3-6,8H2,1-2H3,(H,15,16)/t10-/m0/s1. The number of hydrogen-bond acceptors (Lipinski definition) is 3. The average Bonchev–Trinajstić information content (AvgIpc) is 2.72. The van der Waals surface area contributed by atoms with Crippen LogP contribution in [0.3, 0.4) is 0 Å². The van der Waals surface area contributed by atoms with Crippen LogP contribution in [-0.4, -0.2) is 25.0 Å². The van der Waals surface area contributed by atoms with E-state index in [1.807, 2.05) is 6.07 Å². The van der Waals surface area contributed by atoms with E-state index in [4.69, 9.17) is 0 Å². The molecule has 1 fully saturated rings. The SMILES string of the molecule is CCc1sc(C(=O)N[C@H]2CCCNC2)cc1C. The minimum Gasteiger partial charge on any atom is -0.347 e. The number of carbonyl (C=O) groups is 1. The average molecular weight is 252 g/mol. The lowest BCUT2D eigenvalue weighted by Gasteiger charge is -2.23. The van der Waals surface area contributed by atoms with Crippen LogP contribution >= 0.6 is 11.3 Å². The molecule has 94 valence electrons. The molecule has 2 heterocycles. The normalized spacial score (nSPS) is 20.2. The molecule has 1 aromatic heterocycles. The Morgan fingerprint density at radius 3 is 3.06 bits per heavy atom. The lowest BCUT2D eigenvalue weighted by molar-refractivity contribution is 0.0935. The molecule has 1 aliphatic heterocycles. The highest BCUT2D eigenvalue weighted by atomic mass is 32.1. The molecule has 3 nitrogen and oxygen atoms in total. The second-order valence-corrected chi connectivity index (χ2v) is 5.72. The first-order chi connectivity index (χ1) is 8.20. The fraction of sp³-hybridized carbons (Fsp3) is 0.615. The van der Waals surface area contributed by atoms with E-state index >= 15 is 0 Å². The minimum atomic E-state index is 0.0894. The van der Waals surface area contributed by atoms with Gasteiger partial charge in [-0.1, -0.05) is 6.92 Å². The van der Waals surface area contributed by atoms with Gasteiger partial charge in [0, 0.05) is 17.5 Å². The van der Waals surface area contributed by atoms with E-state index in [2.05, 4.69) is 24.5 Å². The highest BCUT2D eigenvalue weighted by molar-refractivity contribution is 7.14. The number of hydrogen-bond donors (Lipinski definition) is 2. The second kappa shape index (κ2) is 5.65. The number of carbonyl (C=O) groups excluding carboxylic acids is 1. The number of thiophene rings is 1. The molecule has 0 aliphatic carbocycles. The predicted octanol–water partition coefficient (Wildman–Crippen LogP) is 2.10. The zero-order valence-electron chi connectivity index (χ0n) is 10.5. The summed E-state index contributed by atoms with van der Waals surface area (Å²) in [5, 5.41) is 6.42. The summed E-state index contributed by atoms with van der Waals surface area (Å²) in [7, 11) is 0. The van der Waals surface area contributed by atoms with E-state index < -0.39 is 0 Å². The van der Waals surface area contributed by atoms with Crippen LogP contribution in [0.15, 0.2) is 6.07 Å². The van der Waals surface area contributed by atoms with Gasteiger partial charge in [-0.3, -0.25) is 4.79 Å². The lowest BCUT2D eigenvalue weighted by Crippen LogP contribution is -2.45. The third kappa shape index (κ3) is 3.07. The van der Waals surface area contributed by atoms with Crippen LogP contribution in [-0.2, 0) is 6.42 Å². The van der Waals surface area contributed by atoms with Crippen LogP contribution in [0, 0.1) is 6.92 Å². The van der Waals surface area contributed by atoms with Crippen molar-refractivity contribution in [2.75, 3.05) is 13.1 Å². The monoisotopic (exact) mass is 252 g/mol. The Morgan fingerprint density at radius 2 is 2.47 bits per heavy atom. The van der Waals surface area contributed by atoms with Crippen molar-refractivity contribution in [3.63, 3.8) is 0 Å². The van der Waals surface area contributed by atoms with Gasteiger partial charge in [-0.15, -0.1) is 11.3 Å². The molecule has 17 heavy (non-hydrogen) atoms. The van der Waals surface area contributed by atoms with E-state index in [9.17, 15) is 4.79 Å². The first kappa shape index (κ1) is 12.6. The van der Waals surface area contributed by atoms with Gasteiger partial charge in [0.15, 0.2) is 0 Å². The van der Waals surface area contributed by atoms with Gasteiger partial charge >= 0.3 is 0 Å². The Bertz CT molecular complexity index is 394. The molecule has 0 aromatic carbocycles. The van der Waals surface area contributed by atoms with Crippen LogP contribution in [0.1, 0.15) is 39.9 Å². The summed E-state index contributed by atoms with van der Waals surface area (Å²) < 4.78 is 0. The van der Waals surface area contributed by atoms with Crippen LogP contribution in [0.5, 0.6) is 0 Å². The van der Waals surface area contributed by atoms with E-state index in [0.717, 1.165) is 37.2 Å². The van der Waals surface area contributed by atoms with Crippen molar-refractivity contribution in [2.45, 2.75) is 39.2 Å². The quantitative estimate of drug-likeness (QED) is 0.865. The predicted molar refractivity (Wildman–Crippen MR) is 71.8 cm³/mol. The molecule has 4 heteroatoms. The lowest BCUT2D eigenvalue weighted by atomic mass is 10.1. The molecular weight excluding hydrogens is 232 g/mol. The van der Waals surface area contributed by atoms with Crippen molar-refractivity contribution < 1.29 is 4.79 Å². The highest BCUT2D eigenvalue weighted by Gasteiger charge is 2.18. The molecule has 1 amide bonds. The van der Waals surface area contributed by atoms with Gasteiger partial charge in [-0.05, 0) is 44.4 Å². The summed E-state index contributed by atoms with van der Waals surface area (Å²) in [5.41, 5.74) is 1.24. The Balaban J connectivity index is 1.98. The topological polar surface area (TPSA) is 41.1 Å². The molecule has 0 radical (unpaired) electrons. The summed E-state index contributed by atoms with van der Waals surface area (Å²) >= 11 is 1.62. The third-order valence-electron chi connectivity index (χ3n) is 3.20. The van der Waals surface area contributed by atoms with E-state index in [1.165, 1.54) is 10.4 Å². The second-order valence-electron chi connectivity index (χ2n) is 4.59. The van der Waals surface area contributed by atoms with Crippen molar-refractivity contribution in [3.8, 4) is 0 Å². The Labute approximate surface area is 107 Å². The molecule has 2 rings (SSSR count). The summed E-state index contributed by atoms with van der Waals surface area (Å²) in [4.78, 5) is 14.2. The smallest absolute Gasteiger partial charge is 0.261 e. The van der Waals surface area contributed by atoms with Gasteiger partial charge in [0.1, 0.15) is 0 Å². The van der Waals surface area contributed by atoms with Crippen molar-refractivity contribution in [2.24, 2.45) is 0 Å². The molecule has 0 spiro atoms. The van der Waals surface area contributed by atoms with E-state index in [0.29, 0.717) is 6.04 Å². The van der Waals surface area contributed by atoms with Gasteiger partial charge in [0.05, 0.1) is 4.88 Å². The van der Waals surface area contributed by atoms with E-state index in [-0.39, 0.29) is 5.91 Å². The van der Waals surface area contributed by atoms with Crippen LogP contribution in [0.2, 0.25) is 0 Å². The maximum Gasteiger partial charge on any atom is 0.261 e. The molecule has 0 saturated carbocycles. The highest BCUT2D eigenvalue weighted by Crippen LogP contribution is 2.22. The van der Waals surface area contributed by atoms with Crippen molar-refractivity contribution >= 4 is 17.2 Å². The molecule has 0 bridgehead atoms. The molecular formula is C13H20N2OS. The fourth-order valence-corrected chi connectivity index (χ4v) is 3.23. The first-order valence-corrected chi connectivity index (χ1v) is 7.13. The fourth-order valence-electron chi connectivity index (χ4n) is 2.21. The van der Waals surface area contributed by atoms with Gasteiger partial charge in [-0.25, -0.2) is 0 Å². The van der Waals surface area contributed by atoms with Crippen molar-refractivity contribution in [3.05, 3.63) is 21.4 Å². The number of aryl methyl sites for hydroxylation is 2. The van der Waals surface area contributed by atoms with Crippen LogP contribution in [0.25, 0.3) is 0 Å². The van der Waals surface area contributed by atoms with E-state index in [1.54, 1.807) is 11.3 Å². The Morgan fingerprint density at radius 1 is 1.65 bits per heavy atom. The molecule has 1 atom stereocenters. The largest absolute Gasteiger partial charge is 0.347 e. The summed E-state index contributed by atoms with van der Waals surface area (Å²) in [6.45, 7) is 6.18. The number of nitrogens with one attached hydrogen (secondary N) is 2. The van der Waals surface area contributed by atoms with Crippen molar-refractivity contribution in [1.82, 2.24) is 10.6 Å². The summed E-state index contributed by atoms with van der Waals surface area (Å²) in [5.74, 6) is 0.0894. The molecule has 1 aliphatic rings. The van der Waals surface area contributed by atoms with Crippen LogP contribution in [0.4, 0.5) is 0 Å². The third-order valence-corrected chi connectivity index (χ3v) is 4.58. The van der Waals surface area contributed by atoms with Gasteiger partial charge in [0.2, 0.25) is 0 Å². The Hall–Kier alpha value is -0.870. The number of amides is 1. The zero-order valence-corrected chi connectivity index (χ0v) is 11.3.